The maximum atomic E-state index is 4.25. The van der Waals surface area contributed by atoms with Crippen LogP contribution in [0.4, 0.5) is 0 Å². The molecule has 0 saturated carbocycles. The van der Waals surface area contributed by atoms with Crippen molar-refractivity contribution < 1.29 is 0 Å². The standard InChI is InChI=1S/C10H16N2S2/c1-10(3-2-4-14-10)7-11-5-9-6-13-8-12-9/h6,8,11H,2-5,7H2,1H3. The van der Waals surface area contributed by atoms with Gasteiger partial charge in [0.25, 0.3) is 0 Å². The van der Waals surface area contributed by atoms with Crippen LogP contribution in [0.1, 0.15) is 25.5 Å². The molecule has 1 fully saturated rings. The first-order chi connectivity index (χ1) is 6.79. The maximum Gasteiger partial charge on any atom is 0.0795 e. The molecule has 1 saturated heterocycles. The Morgan fingerprint density at radius 3 is 3.21 bits per heavy atom. The Morgan fingerprint density at radius 1 is 1.64 bits per heavy atom. The van der Waals surface area contributed by atoms with Crippen LogP contribution in [-0.4, -0.2) is 22.0 Å². The van der Waals surface area contributed by atoms with E-state index in [1.807, 2.05) is 5.51 Å². The maximum absolute atomic E-state index is 4.25. The fourth-order valence-corrected chi connectivity index (χ4v) is 3.59. The average molecular weight is 228 g/mol. The van der Waals surface area contributed by atoms with Crippen molar-refractivity contribution >= 4 is 23.1 Å². The van der Waals surface area contributed by atoms with Gasteiger partial charge in [-0.05, 0) is 25.5 Å². The summed E-state index contributed by atoms with van der Waals surface area (Å²) in [6.45, 7) is 4.38. The highest BCUT2D eigenvalue weighted by Gasteiger charge is 2.28. The van der Waals surface area contributed by atoms with Crippen molar-refractivity contribution in [1.29, 1.82) is 0 Å². The fourth-order valence-electron chi connectivity index (χ4n) is 1.76. The second-order valence-corrected chi connectivity index (χ2v) is 6.39. The molecule has 1 aromatic heterocycles. The molecule has 14 heavy (non-hydrogen) atoms. The van der Waals surface area contributed by atoms with E-state index in [1.54, 1.807) is 11.3 Å². The zero-order chi connectivity index (χ0) is 9.86. The van der Waals surface area contributed by atoms with Crippen LogP contribution in [-0.2, 0) is 6.54 Å². The number of aromatic nitrogens is 1. The largest absolute Gasteiger partial charge is 0.310 e. The molecule has 0 aliphatic carbocycles. The summed E-state index contributed by atoms with van der Waals surface area (Å²) in [6, 6.07) is 0. The van der Waals surface area contributed by atoms with Crippen LogP contribution in [0.3, 0.4) is 0 Å². The summed E-state index contributed by atoms with van der Waals surface area (Å²) in [4.78, 5) is 4.25. The third kappa shape index (κ3) is 2.72. The predicted octanol–water partition coefficient (Wildman–Crippen LogP) is 2.52. The van der Waals surface area contributed by atoms with E-state index in [-0.39, 0.29) is 0 Å². The topological polar surface area (TPSA) is 24.9 Å². The van der Waals surface area contributed by atoms with Gasteiger partial charge in [-0.1, -0.05) is 0 Å². The third-order valence-electron chi connectivity index (χ3n) is 2.59. The monoisotopic (exact) mass is 228 g/mol. The van der Waals surface area contributed by atoms with E-state index in [0.717, 1.165) is 13.1 Å². The highest BCUT2D eigenvalue weighted by atomic mass is 32.2. The minimum atomic E-state index is 0.468. The van der Waals surface area contributed by atoms with E-state index in [0.29, 0.717) is 4.75 Å². The number of hydrogen-bond donors (Lipinski definition) is 1. The minimum absolute atomic E-state index is 0.468. The van der Waals surface area contributed by atoms with Crippen molar-refractivity contribution in [1.82, 2.24) is 10.3 Å². The fraction of sp³-hybridized carbons (Fsp3) is 0.700. The molecular formula is C10H16N2S2. The quantitative estimate of drug-likeness (QED) is 0.857. The molecule has 1 aromatic rings. The van der Waals surface area contributed by atoms with Gasteiger partial charge >= 0.3 is 0 Å². The second kappa shape index (κ2) is 4.64. The molecule has 1 atom stereocenters. The molecule has 0 bridgehead atoms. The summed E-state index contributed by atoms with van der Waals surface area (Å²) in [5.41, 5.74) is 3.06. The van der Waals surface area contributed by atoms with Gasteiger partial charge in [-0.15, -0.1) is 11.3 Å². The van der Waals surface area contributed by atoms with Crippen molar-refractivity contribution in [3.63, 3.8) is 0 Å². The number of nitrogens with one attached hydrogen (secondary N) is 1. The third-order valence-corrected chi connectivity index (χ3v) is 4.76. The molecule has 2 rings (SSSR count). The molecule has 4 heteroatoms. The number of thioether (sulfide) groups is 1. The van der Waals surface area contributed by atoms with E-state index in [4.69, 9.17) is 0 Å². The molecule has 1 aliphatic rings. The lowest BCUT2D eigenvalue weighted by Crippen LogP contribution is -2.32. The molecule has 0 amide bonds. The Balaban J connectivity index is 1.72. The predicted molar refractivity (Wildman–Crippen MR) is 63.9 cm³/mol. The Hall–Kier alpha value is -0.0600. The zero-order valence-electron chi connectivity index (χ0n) is 8.45. The van der Waals surface area contributed by atoms with Gasteiger partial charge in [0, 0.05) is 23.2 Å². The van der Waals surface area contributed by atoms with Crippen LogP contribution in [0.5, 0.6) is 0 Å². The van der Waals surface area contributed by atoms with Gasteiger partial charge in [-0.2, -0.15) is 11.8 Å². The summed E-state index contributed by atoms with van der Waals surface area (Å²) in [5.74, 6) is 1.33. The van der Waals surface area contributed by atoms with E-state index in [9.17, 15) is 0 Å². The van der Waals surface area contributed by atoms with Gasteiger partial charge in [0.15, 0.2) is 0 Å². The van der Waals surface area contributed by atoms with Gasteiger partial charge in [0.2, 0.25) is 0 Å². The zero-order valence-corrected chi connectivity index (χ0v) is 10.1. The smallest absolute Gasteiger partial charge is 0.0795 e. The van der Waals surface area contributed by atoms with Gasteiger partial charge in [0.1, 0.15) is 0 Å². The SMILES string of the molecule is CC1(CNCc2cscn2)CCCS1. The van der Waals surface area contributed by atoms with Crippen LogP contribution >= 0.6 is 23.1 Å². The van der Waals surface area contributed by atoms with Crippen molar-refractivity contribution in [3.05, 3.63) is 16.6 Å². The van der Waals surface area contributed by atoms with Gasteiger partial charge < -0.3 is 5.32 Å². The van der Waals surface area contributed by atoms with E-state index < -0.39 is 0 Å². The number of nitrogens with zero attached hydrogens (tertiary/aromatic N) is 1. The first-order valence-electron chi connectivity index (χ1n) is 5.00. The Labute approximate surface area is 93.5 Å². The van der Waals surface area contributed by atoms with Gasteiger partial charge in [0.05, 0.1) is 11.2 Å². The van der Waals surface area contributed by atoms with Crippen molar-refractivity contribution in [3.8, 4) is 0 Å². The molecule has 2 heterocycles. The summed E-state index contributed by atoms with van der Waals surface area (Å²) < 4.78 is 0.468. The van der Waals surface area contributed by atoms with Crippen LogP contribution < -0.4 is 5.32 Å². The molecule has 0 radical (unpaired) electrons. The molecule has 78 valence electrons. The van der Waals surface area contributed by atoms with Crippen LogP contribution in [0.25, 0.3) is 0 Å². The highest BCUT2D eigenvalue weighted by Crippen LogP contribution is 2.36. The lowest BCUT2D eigenvalue weighted by atomic mass is 10.1. The van der Waals surface area contributed by atoms with Crippen molar-refractivity contribution in [2.24, 2.45) is 0 Å². The first kappa shape index (κ1) is 10.5. The Bertz CT molecular complexity index is 266. The molecule has 0 spiro atoms. The lowest BCUT2D eigenvalue weighted by Gasteiger charge is -2.22. The lowest BCUT2D eigenvalue weighted by molar-refractivity contribution is 0.534. The summed E-state index contributed by atoms with van der Waals surface area (Å²) in [6.07, 6.45) is 2.72. The highest BCUT2D eigenvalue weighted by molar-refractivity contribution is 8.00. The first-order valence-corrected chi connectivity index (χ1v) is 6.93. The molecule has 1 unspecified atom stereocenters. The summed E-state index contributed by atoms with van der Waals surface area (Å²) >= 11 is 3.77. The molecule has 0 aromatic carbocycles. The Morgan fingerprint density at radius 2 is 2.57 bits per heavy atom. The van der Waals surface area contributed by atoms with Crippen molar-refractivity contribution in [2.75, 3.05) is 12.3 Å². The number of hydrogen-bond acceptors (Lipinski definition) is 4. The van der Waals surface area contributed by atoms with E-state index in [2.05, 4.69) is 34.4 Å². The normalized spacial score (nSPS) is 26.9. The Kier molecular flexibility index (Phi) is 3.47. The summed E-state index contributed by atoms with van der Waals surface area (Å²) in [5, 5.41) is 5.60. The van der Waals surface area contributed by atoms with Gasteiger partial charge in [-0.3, -0.25) is 0 Å². The van der Waals surface area contributed by atoms with E-state index in [1.165, 1.54) is 24.3 Å². The van der Waals surface area contributed by atoms with E-state index >= 15 is 0 Å². The summed E-state index contributed by atoms with van der Waals surface area (Å²) in [7, 11) is 0. The van der Waals surface area contributed by atoms with Crippen molar-refractivity contribution in [2.45, 2.75) is 31.1 Å². The minimum Gasteiger partial charge on any atom is -0.310 e. The van der Waals surface area contributed by atoms with Crippen LogP contribution in [0, 0.1) is 0 Å². The van der Waals surface area contributed by atoms with Crippen LogP contribution in [0.2, 0.25) is 0 Å². The average Bonchev–Trinajstić information content (AvgIpc) is 2.77. The molecular weight excluding hydrogens is 212 g/mol. The number of rotatable bonds is 4. The molecule has 1 aliphatic heterocycles. The molecule has 2 nitrogen and oxygen atoms in total. The second-order valence-electron chi connectivity index (χ2n) is 3.99. The van der Waals surface area contributed by atoms with Gasteiger partial charge in [-0.25, -0.2) is 4.98 Å². The molecule has 1 N–H and O–H groups in total. The van der Waals surface area contributed by atoms with Crippen LogP contribution in [0.15, 0.2) is 10.9 Å². The number of thiazole rings is 1.